The van der Waals surface area contributed by atoms with Gasteiger partial charge in [0.2, 0.25) is 5.88 Å². The molecule has 0 amide bonds. The summed E-state index contributed by atoms with van der Waals surface area (Å²) in [5, 5.41) is 9.11. The van der Waals surface area contributed by atoms with Crippen LogP contribution in [0.5, 0.6) is 5.88 Å². The van der Waals surface area contributed by atoms with Gasteiger partial charge in [-0.3, -0.25) is 4.68 Å². The Bertz CT molecular complexity index is 1350. The lowest BCUT2D eigenvalue weighted by atomic mass is 10.0. The molecule has 8 nitrogen and oxygen atoms in total. The van der Waals surface area contributed by atoms with E-state index in [2.05, 4.69) is 10.2 Å². The van der Waals surface area contributed by atoms with Crippen LogP contribution >= 0.6 is 23.2 Å². The molecule has 0 aliphatic heterocycles. The van der Waals surface area contributed by atoms with Gasteiger partial charge in [0.1, 0.15) is 13.2 Å². The van der Waals surface area contributed by atoms with Crippen LogP contribution in [0, 0.1) is 0 Å². The summed E-state index contributed by atoms with van der Waals surface area (Å²) in [6, 6.07) is 2.82. The highest BCUT2D eigenvalue weighted by atomic mass is 35.5. The summed E-state index contributed by atoms with van der Waals surface area (Å²) < 4.78 is 76.0. The molecule has 0 saturated heterocycles. The zero-order chi connectivity index (χ0) is 26.8. The first-order valence-electron chi connectivity index (χ1n) is 10.7. The molecule has 2 aromatic heterocycles. The second-order valence-corrected chi connectivity index (χ2v) is 10.9. The lowest BCUT2D eigenvalue weighted by Crippen LogP contribution is -2.17. The van der Waals surface area contributed by atoms with Gasteiger partial charge in [0, 0.05) is 37.9 Å². The van der Waals surface area contributed by atoms with Crippen molar-refractivity contribution in [3.63, 3.8) is 0 Å². The van der Waals surface area contributed by atoms with Gasteiger partial charge in [0.15, 0.2) is 9.84 Å². The predicted molar refractivity (Wildman–Crippen MR) is 135 cm³/mol. The molecule has 206 valence electrons. The van der Waals surface area contributed by atoms with E-state index >= 15 is 0 Å². The summed E-state index contributed by atoms with van der Waals surface area (Å²) in [5.74, 6) is 0.420. The van der Waals surface area contributed by atoms with Crippen LogP contribution in [0.25, 0.3) is 0 Å². The molecule has 0 fully saturated rings. The second-order valence-electron chi connectivity index (χ2n) is 8.14. The molecule has 1 aromatic carbocycles. The van der Waals surface area contributed by atoms with Crippen LogP contribution in [-0.2, 0) is 54.7 Å². The van der Waals surface area contributed by atoms with E-state index in [-0.39, 0.29) is 35.9 Å². The van der Waals surface area contributed by atoms with Gasteiger partial charge in [0.05, 0.1) is 39.1 Å². The van der Waals surface area contributed by atoms with Gasteiger partial charge in [-0.2, -0.15) is 23.4 Å². The standard InChI is InChI=1S/C22H25Cl2F3N4O4S.CH4/c1-5-16-20(24)17(30(2)29-16)11-35-21-14(9-28-31(21)3)8-13-6-7-18(36(4,32)33)15(19(13)23)10-34-12-22(25,26)27;/h6-7,9H,5,8,10-12H2,1-4H3;1H4. The number of sulfone groups is 1. The highest BCUT2D eigenvalue weighted by Crippen LogP contribution is 2.33. The molecule has 0 spiro atoms. The largest absolute Gasteiger partial charge is 0.471 e. The quantitative estimate of drug-likeness (QED) is 0.321. The molecule has 0 saturated carbocycles. The SMILES string of the molecule is C.CCc1nn(C)c(COc2c(Cc3ccc(S(C)(=O)=O)c(COCC(F)(F)F)c3Cl)cnn2C)c1Cl. The Morgan fingerprint density at radius 3 is 2.30 bits per heavy atom. The number of nitrogens with zero attached hydrogens (tertiary/aromatic N) is 4. The Morgan fingerprint density at radius 1 is 1.05 bits per heavy atom. The molecule has 0 aliphatic rings. The van der Waals surface area contributed by atoms with Gasteiger partial charge in [0.25, 0.3) is 0 Å². The fourth-order valence-corrected chi connectivity index (χ4v) is 5.25. The third-order valence-electron chi connectivity index (χ3n) is 5.38. The van der Waals surface area contributed by atoms with Crippen molar-refractivity contribution in [1.82, 2.24) is 19.6 Å². The monoisotopic (exact) mass is 584 g/mol. The number of hydrogen-bond acceptors (Lipinski definition) is 6. The predicted octanol–water partition coefficient (Wildman–Crippen LogP) is 5.31. The molecule has 0 radical (unpaired) electrons. The fraction of sp³-hybridized carbons (Fsp3) is 0.478. The molecular formula is C23H29Cl2F3N4O4S. The average Bonchev–Trinajstić information content (AvgIpc) is 3.25. The summed E-state index contributed by atoms with van der Waals surface area (Å²) in [6.07, 6.45) is -1.20. The molecule has 0 atom stereocenters. The van der Waals surface area contributed by atoms with Crippen LogP contribution in [0.4, 0.5) is 13.2 Å². The van der Waals surface area contributed by atoms with Gasteiger partial charge in [-0.1, -0.05) is 43.6 Å². The van der Waals surface area contributed by atoms with E-state index < -0.39 is 29.2 Å². The van der Waals surface area contributed by atoms with Crippen LogP contribution in [0.1, 0.15) is 42.4 Å². The van der Waals surface area contributed by atoms with Gasteiger partial charge in [-0.25, -0.2) is 13.1 Å². The maximum absolute atomic E-state index is 12.6. The van der Waals surface area contributed by atoms with E-state index in [9.17, 15) is 21.6 Å². The van der Waals surface area contributed by atoms with Gasteiger partial charge in [-0.15, -0.1) is 0 Å². The van der Waals surface area contributed by atoms with Crippen molar-refractivity contribution in [2.45, 2.75) is 51.5 Å². The third kappa shape index (κ3) is 7.40. The van der Waals surface area contributed by atoms with Crippen molar-refractivity contribution in [2.75, 3.05) is 12.9 Å². The number of benzene rings is 1. The Labute approximate surface area is 224 Å². The first-order chi connectivity index (χ1) is 16.7. The second kappa shape index (κ2) is 12.1. The fourth-order valence-electron chi connectivity index (χ4n) is 3.64. The van der Waals surface area contributed by atoms with E-state index in [1.165, 1.54) is 16.8 Å². The zero-order valence-corrected chi connectivity index (χ0v) is 22.3. The van der Waals surface area contributed by atoms with Gasteiger partial charge in [-0.05, 0) is 18.1 Å². The van der Waals surface area contributed by atoms with Crippen molar-refractivity contribution in [3.05, 3.63) is 56.5 Å². The Kier molecular flexibility index (Phi) is 10.1. The highest BCUT2D eigenvalue weighted by Gasteiger charge is 2.28. The molecule has 3 rings (SSSR count). The number of aromatic nitrogens is 4. The third-order valence-corrected chi connectivity index (χ3v) is 7.47. The number of aryl methyl sites for hydroxylation is 3. The molecule has 0 aliphatic carbocycles. The van der Waals surface area contributed by atoms with Crippen LogP contribution in [0.15, 0.2) is 23.2 Å². The molecule has 3 aromatic rings. The number of ether oxygens (including phenoxy) is 2. The van der Waals surface area contributed by atoms with Gasteiger partial charge >= 0.3 is 6.18 Å². The maximum Gasteiger partial charge on any atom is 0.411 e. The zero-order valence-electron chi connectivity index (χ0n) is 20.0. The van der Waals surface area contributed by atoms with Gasteiger partial charge < -0.3 is 9.47 Å². The molecule has 2 heterocycles. The molecule has 0 unspecified atom stereocenters. The van der Waals surface area contributed by atoms with E-state index in [4.69, 9.17) is 32.7 Å². The Hall–Kier alpha value is -2.28. The van der Waals surface area contributed by atoms with Crippen molar-refractivity contribution < 1.29 is 31.1 Å². The summed E-state index contributed by atoms with van der Waals surface area (Å²) in [4.78, 5) is -0.196. The highest BCUT2D eigenvalue weighted by molar-refractivity contribution is 7.90. The van der Waals surface area contributed by atoms with Crippen LogP contribution in [0.2, 0.25) is 10.0 Å². The van der Waals surface area contributed by atoms with Crippen LogP contribution < -0.4 is 4.74 Å². The lowest BCUT2D eigenvalue weighted by molar-refractivity contribution is -0.176. The smallest absolute Gasteiger partial charge is 0.411 e. The summed E-state index contributed by atoms with van der Waals surface area (Å²) in [7, 11) is -0.321. The van der Waals surface area contributed by atoms with Crippen molar-refractivity contribution in [3.8, 4) is 5.88 Å². The normalized spacial score (nSPS) is 12.0. The van der Waals surface area contributed by atoms with E-state index in [1.807, 2.05) is 6.92 Å². The summed E-state index contributed by atoms with van der Waals surface area (Å²) >= 11 is 12.9. The molecule has 37 heavy (non-hydrogen) atoms. The first kappa shape index (κ1) is 30.9. The van der Waals surface area contributed by atoms with Crippen LogP contribution in [0.3, 0.4) is 0 Å². The van der Waals surface area contributed by atoms with Crippen molar-refractivity contribution in [1.29, 1.82) is 0 Å². The minimum Gasteiger partial charge on any atom is -0.471 e. The minimum atomic E-state index is -4.56. The molecular weight excluding hydrogens is 556 g/mol. The van der Waals surface area contributed by atoms with E-state index in [0.717, 1.165) is 11.9 Å². The topological polar surface area (TPSA) is 88.2 Å². The number of rotatable bonds is 10. The maximum atomic E-state index is 12.6. The van der Waals surface area contributed by atoms with E-state index in [1.54, 1.807) is 25.0 Å². The Balaban J connectivity index is 0.00000481. The lowest BCUT2D eigenvalue weighted by Gasteiger charge is -2.16. The minimum absolute atomic E-state index is 0. The molecule has 0 N–H and O–H groups in total. The van der Waals surface area contributed by atoms with E-state index in [0.29, 0.717) is 34.1 Å². The molecule has 14 heteroatoms. The number of alkyl halides is 3. The summed E-state index contributed by atoms with van der Waals surface area (Å²) in [6.45, 7) is -0.0944. The number of halogens is 5. The van der Waals surface area contributed by atoms with Crippen molar-refractivity contribution in [2.24, 2.45) is 14.1 Å². The summed E-state index contributed by atoms with van der Waals surface area (Å²) in [5.41, 5.74) is 2.49. The molecule has 0 bridgehead atoms. The van der Waals surface area contributed by atoms with Crippen molar-refractivity contribution >= 4 is 33.0 Å². The number of hydrogen-bond donors (Lipinski definition) is 0. The average molecular weight is 585 g/mol. The first-order valence-corrected chi connectivity index (χ1v) is 13.4. The van der Waals surface area contributed by atoms with Crippen LogP contribution in [-0.4, -0.2) is 47.0 Å². The Morgan fingerprint density at radius 2 is 1.73 bits per heavy atom.